The second kappa shape index (κ2) is 5.85. The minimum absolute atomic E-state index is 0.0138. The molecule has 24 heavy (non-hydrogen) atoms. The fourth-order valence-electron chi connectivity index (χ4n) is 3.01. The molecule has 0 atom stereocenters. The third-order valence-corrected chi connectivity index (χ3v) is 4.14. The molecule has 3 aromatic rings. The summed E-state index contributed by atoms with van der Waals surface area (Å²) < 4.78 is 8.38. The smallest absolute Gasteiger partial charge is 0.278 e. The summed E-state index contributed by atoms with van der Waals surface area (Å²) in [6.45, 7) is 3.95. The quantitative estimate of drug-likeness (QED) is 0.743. The summed E-state index contributed by atoms with van der Waals surface area (Å²) in [7, 11) is 3.46. The lowest BCUT2D eigenvalue weighted by molar-refractivity contribution is 0.415. The van der Waals surface area contributed by atoms with E-state index >= 15 is 0 Å². The number of aryl methyl sites for hydroxylation is 1. The van der Waals surface area contributed by atoms with Gasteiger partial charge in [0.2, 0.25) is 0 Å². The lowest BCUT2D eigenvalue weighted by atomic mass is 9.97. The SMILES string of the molecule is COc1ccc(-c2c(C(C)C)c(=O)n3ncc(C#N)c3n2C)cc1. The van der Waals surface area contributed by atoms with Crippen molar-refractivity contribution < 1.29 is 4.74 Å². The number of benzene rings is 1. The van der Waals surface area contributed by atoms with Crippen LogP contribution in [0.5, 0.6) is 5.75 Å². The predicted molar refractivity (Wildman–Crippen MR) is 91.2 cm³/mol. The molecule has 0 bridgehead atoms. The van der Waals surface area contributed by atoms with Crippen LogP contribution in [-0.4, -0.2) is 21.3 Å². The van der Waals surface area contributed by atoms with Gasteiger partial charge >= 0.3 is 0 Å². The number of hydrogen-bond donors (Lipinski definition) is 0. The van der Waals surface area contributed by atoms with Gasteiger partial charge in [0.25, 0.3) is 5.56 Å². The normalized spacial score (nSPS) is 11.0. The zero-order valence-corrected chi connectivity index (χ0v) is 14.1. The van der Waals surface area contributed by atoms with Gasteiger partial charge in [-0.05, 0) is 35.7 Å². The maximum atomic E-state index is 12.9. The largest absolute Gasteiger partial charge is 0.497 e. The van der Waals surface area contributed by atoms with E-state index in [1.54, 1.807) is 7.11 Å². The topological polar surface area (TPSA) is 72.3 Å². The number of methoxy groups -OCH3 is 1. The molecule has 2 aromatic heterocycles. The monoisotopic (exact) mass is 322 g/mol. The first-order chi connectivity index (χ1) is 11.5. The number of aromatic nitrogens is 3. The Morgan fingerprint density at radius 2 is 1.92 bits per heavy atom. The highest BCUT2D eigenvalue weighted by Gasteiger charge is 2.21. The molecular weight excluding hydrogens is 304 g/mol. The predicted octanol–water partition coefficient (Wildman–Crippen LogP) is 2.70. The van der Waals surface area contributed by atoms with Crippen molar-refractivity contribution in [3.05, 3.63) is 51.9 Å². The second-order valence-corrected chi connectivity index (χ2v) is 5.92. The summed E-state index contributed by atoms with van der Waals surface area (Å²) in [5.41, 5.74) is 3.04. The van der Waals surface area contributed by atoms with Gasteiger partial charge in [-0.2, -0.15) is 14.9 Å². The van der Waals surface area contributed by atoms with Crippen LogP contribution in [0.4, 0.5) is 0 Å². The number of ether oxygens (including phenoxy) is 1. The summed E-state index contributed by atoms with van der Waals surface area (Å²) in [4.78, 5) is 12.9. The minimum atomic E-state index is -0.189. The summed E-state index contributed by atoms with van der Waals surface area (Å²) in [6, 6.07) is 9.64. The van der Waals surface area contributed by atoms with Crippen molar-refractivity contribution in [2.24, 2.45) is 7.05 Å². The van der Waals surface area contributed by atoms with E-state index in [2.05, 4.69) is 11.2 Å². The average Bonchev–Trinajstić information content (AvgIpc) is 3.02. The summed E-state index contributed by atoms with van der Waals surface area (Å²) in [5.74, 6) is 0.762. The van der Waals surface area contributed by atoms with Gasteiger partial charge in [-0.3, -0.25) is 4.79 Å². The maximum Gasteiger partial charge on any atom is 0.278 e. The molecule has 0 radical (unpaired) electrons. The molecule has 6 heteroatoms. The third-order valence-electron chi connectivity index (χ3n) is 4.14. The van der Waals surface area contributed by atoms with Gasteiger partial charge < -0.3 is 9.30 Å². The Balaban J connectivity index is 2.44. The molecule has 122 valence electrons. The Labute approximate surface area is 139 Å². The Kier molecular flexibility index (Phi) is 3.86. The van der Waals surface area contributed by atoms with E-state index in [0.717, 1.165) is 17.0 Å². The van der Waals surface area contributed by atoms with Gasteiger partial charge in [0.05, 0.1) is 19.0 Å². The van der Waals surface area contributed by atoms with Crippen molar-refractivity contribution >= 4 is 5.65 Å². The Morgan fingerprint density at radius 3 is 2.46 bits per heavy atom. The highest BCUT2D eigenvalue weighted by atomic mass is 16.5. The van der Waals surface area contributed by atoms with Crippen molar-refractivity contribution in [3.63, 3.8) is 0 Å². The average molecular weight is 322 g/mol. The molecule has 2 heterocycles. The van der Waals surface area contributed by atoms with Crippen LogP contribution < -0.4 is 10.3 Å². The third kappa shape index (κ3) is 2.26. The second-order valence-electron chi connectivity index (χ2n) is 5.92. The first kappa shape index (κ1) is 15.8. The van der Waals surface area contributed by atoms with E-state index in [-0.39, 0.29) is 11.5 Å². The molecule has 1 aromatic carbocycles. The molecule has 0 N–H and O–H groups in total. The van der Waals surface area contributed by atoms with Crippen LogP contribution in [0.1, 0.15) is 30.9 Å². The van der Waals surface area contributed by atoms with Crippen LogP contribution in [0.2, 0.25) is 0 Å². The van der Waals surface area contributed by atoms with E-state index in [4.69, 9.17) is 4.74 Å². The first-order valence-electron chi connectivity index (χ1n) is 7.64. The molecule has 0 spiro atoms. The summed E-state index contributed by atoms with van der Waals surface area (Å²) >= 11 is 0. The highest BCUT2D eigenvalue weighted by molar-refractivity contribution is 5.70. The zero-order chi connectivity index (χ0) is 17.4. The van der Waals surface area contributed by atoms with Crippen molar-refractivity contribution in [1.82, 2.24) is 14.2 Å². The molecule has 0 saturated heterocycles. The summed E-state index contributed by atoms with van der Waals surface area (Å²) in [6.07, 6.45) is 1.43. The van der Waals surface area contributed by atoms with Crippen LogP contribution in [-0.2, 0) is 7.05 Å². The molecule has 0 aliphatic heterocycles. The van der Waals surface area contributed by atoms with E-state index < -0.39 is 0 Å². The minimum Gasteiger partial charge on any atom is -0.497 e. The molecule has 0 amide bonds. The van der Waals surface area contributed by atoms with E-state index in [1.165, 1.54) is 10.7 Å². The Hall–Kier alpha value is -3.07. The van der Waals surface area contributed by atoms with Crippen LogP contribution in [0, 0.1) is 11.3 Å². The molecular formula is C18H18N4O2. The van der Waals surface area contributed by atoms with Gasteiger partial charge in [-0.25, -0.2) is 0 Å². The number of rotatable bonds is 3. The van der Waals surface area contributed by atoms with Crippen LogP contribution in [0.15, 0.2) is 35.3 Å². The van der Waals surface area contributed by atoms with Crippen LogP contribution >= 0.6 is 0 Å². The highest BCUT2D eigenvalue weighted by Crippen LogP contribution is 2.29. The van der Waals surface area contributed by atoms with Gasteiger partial charge in [0.15, 0.2) is 5.65 Å². The van der Waals surface area contributed by atoms with Crippen LogP contribution in [0.3, 0.4) is 0 Å². The number of nitriles is 1. The van der Waals surface area contributed by atoms with Gasteiger partial charge in [-0.15, -0.1) is 0 Å². The number of hydrogen-bond acceptors (Lipinski definition) is 4. The van der Waals surface area contributed by atoms with Gasteiger partial charge in [-0.1, -0.05) is 13.8 Å². The standard InChI is InChI=1S/C18H18N4O2/c1-11(2)15-16(12-5-7-14(24-4)8-6-12)21(3)17-13(9-19)10-20-22(17)18(15)23/h5-8,10-11H,1-4H3. The fourth-order valence-corrected chi connectivity index (χ4v) is 3.01. The lowest BCUT2D eigenvalue weighted by Gasteiger charge is -2.18. The van der Waals surface area contributed by atoms with Crippen molar-refractivity contribution in [3.8, 4) is 23.1 Å². The number of fused-ring (bicyclic) bond motifs is 1. The van der Waals surface area contributed by atoms with Crippen LogP contribution in [0.25, 0.3) is 16.9 Å². The molecule has 0 unspecified atom stereocenters. The Bertz CT molecular complexity index is 1000. The van der Waals surface area contributed by atoms with Gasteiger partial charge in [0.1, 0.15) is 17.4 Å². The van der Waals surface area contributed by atoms with Crippen molar-refractivity contribution in [2.75, 3.05) is 7.11 Å². The van der Waals surface area contributed by atoms with E-state index in [9.17, 15) is 10.1 Å². The zero-order valence-electron chi connectivity index (χ0n) is 14.1. The first-order valence-corrected chi connectivity index (χ1v) is 7.64. The van der Waals surface area contributed by atoms with Gasteiger partial charge in [0, 0.05) is 12.6 Å². The maximum absolute atomic E-state index is 12.9. The number of nitrogens with zero attached hydrogens (tertiary/aromatic N) is 4. The molecule has 0 aliphatic carbocycles. The van der Waals surface area contributed by atoms with E-state index in [1.807, 2.05) is 49.7 Å². The van der Waals surface area contributed by atoms with Crippen molar-refractivity contribution in [2.45, 2.75) is 19.8 Å². The molecule has 6 nitrogen and oxygen atoms in total. The molecule has 0 saturated carbocycles. The molecule has 3 rings (SSSR count). The Morgan fingerprint density at radius 1 is 1.25 bits per heavy atom. The lowest BCUT2D eigenvalue weighted by Crippen LogP contribution is -2.25. The van der Waals surface area contributed by atoms with E-state index in [0.29, 0.717) is 16.8 Å². The summed E-state index contributed by atoms with van der Waals surface area (Å²) in [5, 5.41) is 13.4. The van der Waals surface area contributed by atoms with Crippen molar-refractivity contribution in [1.29, 1.82) is 5.26 Å². The molecule has 0 aliphatic rings. The molecule has 0 fully saturated rings. The fraction of sp³-hybridized carbons (Fsp3) is 0.278.